The Kier molecular flexibility index (Phi) is 3.97. The predicted octanol–water partition coefficient (Wildman–Crippen LogP) is 2.91. The van der Waals surface area contributed by atoms with E-state index in [1.807, 2.05) is 31.2 Å². The first-order chi connectivity index (χ1) is 8.19. The second kappa shape index (κ2) is 5.29. The highest BCUT2D eigenvalue weighted by molar-refractivity contribution is 7.97. The molecule has 1 aromatic carbocycles. The van der Waals surface area contributed by atoms with Gasteiger partial charge in [-0.05, 0) is 29.6 Å². The van der Waals surface area contributed by atoms with Gasteiger partial charge in [0.1, 0.15) is 6.04 Å². The second-order valence-electron chi connectivity index (χ2n) is 3.74. The molecule has 17 heavy (non-hydrogen) atoms. The number of carbonyl (C=O) groups excluding carboxylic acids is 1. The third-order valence-electron chi connectivity index (χ3n) is 2.71. The number of hydrogen-bond acceptors (Lipinski definition) is 3. The lowest BCUT2D eigenvalue weighted by molar-refractivity contribution is -0.158. The number of β-lactam (4-membered cyclic amide) rings is 1. The van der Waals surface area contributed by atoms with Crippen LogP contribution in [0.1, 0.15) is 18.5 Å². The molecule has 2 atom stereocenters. The van der Waals surface area contributed by atoms with E-state index in [4.69, 9.17) is 16.3 Å². The fourth-order valence-electron chi connectivity index (χ4n) is 1.95. The van der Waals surface area contributed by atoms with Crippen molar-refractivity contribution in [3.63, 3.8) is 0 Å². The third kappa shape index (κ3) is 2.30. The van der Waals surface area contributed by atoms with Gasteiger partial charge in [-0.2, -0.15) is 0 Å². The molecule has 1 aromatic rings. The molecule has 1 saturated heterocycles. The number of methoxy groups -OCH3 is 1. The fraction of sp³-hybridized carbons (Fsp3) is 0.417. The van der Waals surface area contributed by atoms with Crippen molar-refractivity contribution >= 4 is 29.5 Å². The Bertz CT molecular complexity index is 427. The van der Waals surface area contributed by atoms with Crippen LogP contribution in [0.15, 0.2) is 24.3 Å². The Morgan fingerprint density at radius 3 is 2.88 bits per heavy atom. The van der Waals surface area contributed by atoms with Crippen LogP contribution in [0.5, 0.6) is 0 Å². The minimum absolute atomic E-state index is 0.0313. The normalized spacial score (nSPS) is 23.7. The number of ether oxygens (including phenoxy) is 1. The molecule has 2 unspecified atom stereocenters. The van der Waals surface area contributed by atoms with Gasteiger partial charge in [0.25, 0.3) is 5.91 Å². The van der Waals surface area contributed by atoms with Crippen LogP contribution in [0.4, 0.5) is 0 Å². The maximum absolute atomic E-state index is 11.8. The summed E-state index contributed by atoms with van der Waals surface area (Å²) in [6.07, 6.45) is -0.382. The van der Waals surface area contributed by atoms with Gasteiger partial charge in [-0.15, -0.1) is 0 Å². The lowest BCUT2D eigenvalue weighted by Gasteiger charge is -2.45. The summed E-state index contributed by atoms with van der Waals surface area (Å²) in [5.41, 5.74) is 1.02. The van der Waals surface area contributed by atoms with E-state index in [0.717, 1.165) is 11.3 Å². The van der Waals surface area contributed by atoms with Gasteiger partial charge >= 0.3 is 0 Å². The molecule has 0 bridgehead atoms. The van der Waals surface area contributed by atoms with Crippen LogP contribution in [-0.4, -0.2) is 29.2 Å². The number of nitrogens with zero attached hydrogens (tertiary/aromatic N) is 1. The average Bonchev–Trinajstić information content (AvgIpc) is 2.32. The Morgan fingerprint density at radius 2 is 2.29 bits per heavy atom. The van der Waals surface area contributed by atoms with Crippen LogP contribution in [0.2, 0.25) is 5.02 Å². The summed E-state index contributed by atoms with van der Waals surface area (Å²) in [6.45, 7) is 2.02. The van der Waals surface area contributed by atoms with Gasteiger partial charge < -0.3 is 4.74 Å². The van der Waals surface area contributed by atoms with E-state index in [-0.39, 0.29) is 18.1 Å². The lowest BCUT2D eigenvalue weighted by Crippen LogP contribution is -2.56. The highest BCUT2D eigenvalue weighted by Crippen LogP contribution is 2.41. The zero-order chi connectivity index (χ0) is 12.4. The van der Waals surface area contributed by atoms with Crippen LogP contribution in [-0.2, 0) is 9.53 Å². The van der Waals surface area contributed by atoms with Crippen molar-refractivity contribution in [2.24, 2.45) is 0 Å². The van der Waals surface area contributed by atoms with Crippen molar-refractivity contribution in [3.05, 3.63) is 34.9 Å². The Morgan fingerprint density at radius 1 is 1.53 bits per heavy atom. The first-order valence-electron chi connectivity index (χ1n) is 5.43. The van der Waals surface area contributed by atoms with Crippen molar-refractivity contribution in [3.8, 4) is 0 Å². The average molecular weight is 272 g/mol. The van der Waals surface area contributed by atoms with E-state index < -0.39 is 0 Å². The van der Waals surface area contributed by atoms with E-state index in [9.17, 15) is 4.79 Å². The summed E-state index contributed by atoms with van der Waals surface area (Å²) in [5.74, 6) is 0.892. The van der Waals surface area contributed by atoms with E-state index in [2.05, 4.69) is 0 Å². The summed E-state index contributed by atoms with van der Waals surface area (Å²) in [4.78, 5) is 11.8. The molecule has 5 heteroatoms. The Labute approximate surface area is 110 Å². The van der Waals surface area contributed by atoms with Crippen molar-refractivity contribution in [1.29, 1.82) is 0 Å². The second-order valence-corrected chi connectivity index (χ2v) is 5.40. The van der Waals surface area contributed by atoms with Gasteiger partial charge in [-0.1, -0.05) is 30.7 Å². The molecule has 0 radical (unpaired) electrons. The molecule has 2 rings (SSSR count). The highest BCUT2D eigenvalue weighted by Gasteiger charge is 2.49. The number of benzene rings is 1. The van der Waals surface area contributed by atoms with Crippen molar-refractivity contribution in [1.82, 2.24) is 4.31 Å². The molecule has 1 aliphatic heterocycles. The topological polar surface area (TPSA) is 29.5 Å². The first-order valence-corrected chi connectivity index (χ1v) is 6.75. The molecule has 1 heterocycles. The van der Waals surface area contributed by atoms with E-state index >= 15 is 0 Å². The van der Waals surface area contributed by atoms with Gasteiger partial charge in [-0.25, -0.2) is 0 Å². The summed E-state index contributed by atoms with van der Waals surface area (Å²) < 4.78 is 7.00. The zero-order valence-corrected chi connectivity index (χ0v) is 11.3. The summed E-state index contributed by atoms with van der Waals surface area (Å²) in [5, 5.41) is 0.679. The lowest BCUT2D eigenvalue weighted by atomic mass is 9.94. The van der Waals surface area contributed by atoms with Crippen LogP contribution in [0.3, 0.4) is 0 Å². The minimum Gasteiger partial charge on any atom is -0.369 e. The van der Waals surface area contributed by atoms with Crippen LogP contribution < -0.4 is 0 Å². The monoisotopic (exact) mass is 271 g/mol. The Hall–Kier alpha value is -0.710. The van der Waals surface area contributed by atoms with Crippen molar-refractivity contribution in [2.75, 3.05) is 12.9 Å². The van der Waals surface area contributed by atoms with E-state index in [1.54, 1.807) is 11.4 Å². The standard InChI is InChI=1S/C12H14ClNO2S/c1-3-17-14-10(11(16-2)12(14)15)8-5-4-6-9(13)7-8/h4-7,10-11H,3H2,1-2H3. The summed E-state index contributed by atoms with van der Waals surface area (Å²) >= 11 is 7.49. The van der Waals surface area contributed by atoms with Crippen LogP contribution >= 0.6 is 23.5 Å². The predicted molar refractivity (Wildman–Crippen MR) is 70.0 cm³/mol. The number of hydrogen-bond donors (Lipinski definition) is 0. The molecule has 0 aromatic heterocycles. The third-order valence-corrected chi connectivity index (χ3v) is 3.89. The molecule has 92 valence electrons. The summed E-state index contributed by atoms with van der Waals surface area (Å²) in [7, 11) is 1.56. The van der Waals surface area contributed by atoms with E-state index in [1.165, 1.54) is 11.9 Å². The number of amides is 1. The van der Waals surface area contributed by atoms with Crippen molar-refractivity contribution < 1.29 is 9.53 Å². The molecule has 0 aliphatic carbocycles. The summed E-state index contributed by atoms with van der Waals surface area (Å²) in [6, 6.07) is 7.54. The Balaban J connectivity index is 2.25. The van der Waals surface area contributed by atoms with Crippen molar-refractivity contribution in [2.45, 2.75) is 19.1 Å². The quantitative estimate of drug-likeness (QED) is 0.623. The van der Waals surface area contributed by atoms with Gasteiger partial charge in [0, 0.05) is 17.9 Å². The maximum atomic E-state index is 11.8. The highest BCUT2D eigenvalue weighted by atomic mass is 35.5. The molecule has 1 aliphatic rings. The molecular formula is C12H14ClNO2S. The molecule has 1 amide bonds. The fourth-order valence-corrected chi connectivity index (χ4v) is 3.05. The maximum Gasteiger partial charge on any atom is 0.264 e. The zero-order valence-electron chi connectivity index (χ0n) is 9.72. The molecule has 0 spiro atoms. The van der Waals surface area contributed by atoms with Crippen LogP contribution in [0.25, 0.3) is 0 Å². The largest absolute Gasteiger partial charge is 0.369 e. The molecule has 0 N–H and O–H groups in total. The molecule has 1 fully saturated rings. The first kappa shape index (κ1) is 12.7. The van der Waals surface area contributed by atoms with Gasteiger partial charge in [-0.3, -0.25) is 9.10 Å². The van der Waals surface area contributed by atoms with Gasteiger partial charge in [0.2, 0.25) is 0 Å². The smallest absolute Gasteiger partial charge is 0.264 e. The van der Waals surface area contributed by atoms with Gasteiger partial charge in [0.05, 0.1) is 0 Å². The number of carbonyl (C=O) groups is 1. The van der Waals surface area contributed by atoms with E-state index in [0.29, 0.717) is 5.02 Å². The molecular weight excluding hydrogens is 258 g/mol. The minimum atomic E-state index is -0.382. The SMILES string of the molecule is CCSN1C(=O)C(OC)C1c1cccc(Cl)c1. The molecule has 3 nitrogen and oxygen atoms in total. The number of halogens is 1. The van der Waals surface area contributed by atoms with Crippen LogP contribution in [0, 0.1) is 0 Å². The number of rotatable bonds is 4. The molecule has 0 saturated carbocycles. The van der Waals surface area contributed by atoms with Gasteiger partial charge in [0.15, 0.2) is 6.10 Å².